The lowest BCUT2D eigenvalue weighted by molar-refractivity contribution is -0.0954. The molecule has 21 heavy (non-hydrogen) atoms. The summed E-state index contributed by atoms with van der Waals surface area (Å²) in [5, 5.41) is 0. The number of halogens is 2. The van der Waals surface area contributed by atoms with E-state index in [2.05, 4.69) is 90.2 Å². The highest BCUT2D eigenvalue weighted by Crippen LogP contribution is 2.57. The van der Waals surface area contributed by atoms with Crippen molar-refractivity contribution in [3.05, 3.63) is 33.4 Å². The molecule has 0 N–H and O–H groups in total. The molecule has 116 valence electrons. The van der Waals surface area contributed by atoms with E-state index >= 15 is 0 Å². The first-order valence-electron chi connectivity index (χ1n) is 7.57. The highest BCUT2D eigenvalue weighted by molar-refractivity contribution is 14.1. The van der Waals surface area contributed by atoms with Gasteiger partial charge in [0, 0.05) is 13.9 Å². The van der Waals surface area contributed by atoms with Crippen LogP contribution in [0.2, 0.25) is 0 Å². The second-order valence-electron chi connectivity index (χ2n) is 6.79. The smallest absolute Gasteiger partial charge is 0.0935 e. The van der Waals surface area contributed by atoms with Crippen molar-refractivity contribution in [2.24, 2.45) is 5.92 Å². The topological polar surface area (TPSA) is 18.5 Å². The van der Waals surface area contributed by atoms with Gasteiger partial charge >= 0.3 is 0 Å². The van der Waals surface area contributed by atoms with Gasteiger partial charge in [0.1, 0.15) is 0 Å². The van der Waals surface area contributed by atoms with Crippen molar-refractivity contribution in [3.8, 4) is 0 Å². The summed E-state index contributed by atoms with van der Waals surface area (Å²) in [4.78, 5) is 0. The van der Waals surface area contributed by atoms with Crippen LogP contribution in [0.25, 0.3) is 0 Å². The maximum absolute atomic E-state index is 6.52. The number of hydrogen-bond donors (Lipinski definition) is 0. The Balaban J connectivity index is 1.73. The SMILES string of the molecule is CC(C)[C@@]12C[C@H](OCc3ccccc3I)[C@@](C)(C[C@H]1I)O2. The third-order valence-electron chi connectivity index (χ3n) is 5.10. The van der Waals surface area contributed by atoms with Crippen molar-refractivity contribution in [2.45, 2.75) is 61.5 Å². The molecular formula is C17H22I2O2. The molecule has 3 rings (SSSR count). The van der Waals surface area contributed by atoms with Gasteiger partial charge in [0.25, 0.3) is 0 Å². The third-order valence-corrected chi connectivity index (χ3v) is 7.65. The fourth-order valence-electron chi connectivity index (χ4n) is 3.70. The average Bonchev–Trinajstić information content (AvgIpc) is 2.86. The van der Waals surface area contributed by atoms with E-state index in [-0.39, 0.29) is 17.3 Å². The summed E-state index contributed by atoms with van der Waals surface area (Å²) in [7, 11) is 0. The number of alkyl halides is 1. The molecule has 4 heteroatoms. The monoisotopic (exact) mass is 512 g/mol. The molecule has 1 aromatic rings. The number of rotatable bonds is 4. The molecule has 2 fully saturated rings. The van der Waals surface area contributed by atoms with Crippen LogP contribution in [0.1, 0.15) is 39.2 Å². The zero-order valence-electron chi connectivity index (χ0n) is 12.7. The Morgan fingerprint density at radius 1 is 1.33 bits per heavy atom. The average molecular weight is 512 g/mol. The minimum absolute atomic E-state index is 0.00379. The van der Waals surface area contributed by atoms with Gasteiger partial charge in [-0.05, 0) is 53.5 Å². The van der Waals surface area contributed by atoms with Gasteiger partial charge in [0.2, 0.25) is 0 Å². The lowest BCUT2D eigenvalue weighted by Gasteiger charge is -2.35. The molecule has 0 aliphatic carbocycles. The number of hydrogen-bond acceptors (Lipinski definition) is 2. The Hall–Kier alpha value is 0.600. The second-order valence-corrected chi connectivity index (χ2v) is 9.46. The summed E-state index contributed by atoms with van der Waals surface area (Å²) in [6.07, 6.45) is 2.34. The lowest BCUT2D eigenvalue weighted by Crippen LogP contribution is -2.44. The van der Waals surface area contributed by atoms with E-state index in [4.69, 9.17) is 9.47 Å². The van der Waals surface area contributed by atoms with Crippen LogP contribution in [-0.4, -0.2) is 21.2 Å². The van der Waals surface area contributed by atoms with Crippen molar-refractivity contribution in [1.29, 1.82) is 0 Å². The third kappa shape index (κ3) is 2.78. The van der Waals surface area contributed by atoms with Gasteiger partial charge < -0.3 is 9.47 Å². The van der Waals surface area contributed by atoms with E-state index in [0.717, 1.165) is 12.8 Å². The predicted molar refractivity (Wildman–Crippen MR) is 102 cm³/mol. The minimum Gasteiger partial charge on any atom is -0.370 e. The second kappa shape index (κ2) is 5.91. The van der Waals surface area contributed by atoms with Crippen LogP contribution in [0.3, 0.4) is 0 Å². The summed E-state index contributed by atoms with van der Waals surface area (Å²) in [6.45, 7) is 7.47. The van der Waals surface area contributed by atoms with Gasteiger partial charge in [0.15, 0.2) is 0 Å². The van der Waals surface area contributed by atoms with Crippen LogP contribution < -0.4 is 0 Å². The summed E-state index contributed by atoms with van der Waals surface area (Å²) in [5.41, 5.74) is 1.16. The van der Waals surface area contributed by atoms with Crippen LogP contribution in [0, 0.1) is 9.49 Å². The molecule has 1 aromatic carbocycles. The van der Waals surface area contributed by atoms with Crippen LogP contribution >= 0.6 is 45.2 Å². The van der Waals surface area contributed by atoms with E-state index in [9.17, 15) is 0 Å². The summed E-state index contributed by atoms with van der Waals surface area (Å²) >= 11 is 4.95. The molecule has 2 aliphatic rings. The van der Waals surface area contributed by atoms with Gasteiger partial charge in [0.05, 0.1) is 23.9 Å². The largest absolute Gasteiger partial charge is 0.370 e. The molecule has 0 amide bonds. The fourth-order valence-corrected chi connectivity index (χ4v) is 6.22. The highest BCUT2D eigenvalue weighted by atomic mass is 127. The first-order chi connectivity index (χ1) is 9.87. The molecular weight excluding hydrogens is 490 g/mol. The predicted octanol–water partition coefficient (Wildman–Crippen LogP) is 4.96. The van der Waals surface area contributed by atoms with E-state index in [0.29, 0.717) is 16.4 Å². The van der Waals surface area contributed by atoms with E-state index < -0.39 is 0 Å². The number of ether oxygens (including phenoxy) is 2. The molecule has 0 unspecified atom stereocenters. The van der Waals surface area contributed by atoms with Crippen LogP contribution in [0.15, 0.2) is 24.3 Å². The quantitative estimate of drug-likeness (QED) is 0.420. The summed E-state index contributed by atoms with van der Waals surface area (Å²) in [6, 6.07) is 8.43. The van der Waals surface area contributed by atoms with Crippen molar-refractivity contribution in [1.82, 2.24) is 0 Å². The van der Waals surface area contributed by atoms with Crippen LogP contribution in [-0.2, 0) is 16.1 Å². The molecule has 0 spiro atoms. The molecule has 2 aliphatic heterocycles. The Morgan fingerprint density at radius 3 is 2.67 bits per heavy atom. The van der Waals surface area contributed by atoms with Crippen molar-refractivity contribution in [2.75, 3.05) is 0 Å². The molecule has 0 aromatic heterocycles. The van der Waals surface area contributed by atoms with Crippen molar-refractivity contribution < 1.29 is 9.47 Å². The van der Waals surface area contributed by atoms with E-state index in [1.165, 1.54) is 9.13 Å². The summed E-state index contributed by atoms with van der Waals surface area (Å²) in [5.74, 6) is 0.534. The van der Waals surface area contributed by atoms with Gasteiger partial charge in [-0.25, -0.2) is 0 Å². The molecule has 2 bridgehead atoms. The van der Waals surface area contributed by atoms with Gasteiger partial charge in [-0.15, -0.1) is 0 Å². The fraction of sp³-hybridized carbons (Fsp3) is 0.647. The first kappa shape index (κ1) is 16.5. The van der Waals surface area contributed by atoms with E-state index in [1.54, 1.807) is 0 Å². The lowest BCUT2D eigenvalue weighted by atomic mass is 9.75. The summed E-state index contributed by atoms with van der Waals surface area (Å²) < 4.78 is 14.7. The number of benzene rings is 1. The highest BCUT2D eigenvalue weighted by Gasteiger charge is 2.65. The Morgan fingerprint density at radius 2 is 2.05 bits per heavy atom. The van der Waals surface area contributed by atoms with E-state index in [1.807, 2.05) is 0 Å². The normalized spacial score (nSPS) is 38.4. The van der Waals surface area contributed by atoms with Gasteiger partial charge in [-0.1, -0.05) is 54.6 Å². The van der Waals surface area contributed by atoms with Crippen LogP contribution in [0.4, 0.5) is 0 Å². The molecule has 0 saturated carbocycles. The van der Waals surface area contributed by atoms with Crippen molar-refractivity contribution >= 4 is 45.2 Å². The zero-order chi connectivity index (χ0) is 15.3. The zero-order valence-corrected chi connectivity index (χ0v) is 17.1. The van der Waals surface area contributed by atoms with Crippen molar-refractivity contribution in [3.63, 3.8) is 0 Å². The van der Waals surface area contributed by atoms with Gasteiger partial charge in [-0.2, -0.15) is 0 Å². The molecule has 2 saturated heterocycles. The molecule has 0 radical (unpaired) electrons. The Bertz CT molecular complexity index is 533. The van der Waals surface area contributed by atoms with Gasteiger partial charge in [-0.3, -0.25) is 0 Å². The Kier molecular flexibility index (Phi) is 4.63. The maximum Gasteiger partial charge on any atom is 0.0935 e. The standard InChI is InChI=1S/C17H22I2O2/c1-11(2)17-9-15(16(3,21-17)8-14(17)19)20-10-12-6-4-5-7-13(12)18/h4-7,11,14-15H,8-10H2,1-3H3/t14-,15+,16-,17+/m1/s1. The Labute approximate surface area is 154 Å². The minimum atomic E-state index is -0.115. The maximum atomic E-state index is 6.52. The molecule has 2 nitrogen and oxygen atoms in total. The molecule has 4 atom stereocenters. The van der Waals surface area contributed by atoms with Crippen LogP contribution in [0.5, 0.6) is 0 Å². The molecule has 2 heterocycles. The first-order valence-corrected chi connectivity index (χ1v) is 9.89. The number of fused-ring (bicyclic) bond motifs is 2.